The molecule has 3 rings (SSSR count). The number of nitrogens with one attached hydrogen (secondary N) is 1. The Morgan fingerprint density at radius 2 is 1.76 bits per heavy atom. The number of aromatic nitrogens is 4. The SMILES string of the molecule is Cn1c(=O)c2c(SCC(=O)Nc3cccc(C(F)(F)F)c3)nc(C(C)(C)C)nc2n(C)c1=O. The molecule has 33 heavy (non-hydrogen) atoms. The number of benzene rings is 1. The van der Waals surface area contributed by atoms with Gasteiger partial charge in [-0.1, -0.05) is 38.6 Å². The van der Waals surface area contributed by atoms with Crippen molar-refractivity contribution in [1.29, 1.82) is 0 Å². The lowest BCUT2D eigenvalue weighted by Crippen LogP contribution is -2.38. The summed E-state index contributed by atoms with van der Waals surface area (Å²) in [7, 11) is 2.81. The lowest BCUT2D eigenvalue weighted by Gasteiger charge is -2.19. The molecule has 1 aromatic carbocycles. The monoisotopic (exact) mass is 481 g/mol. The zero-order valence-corrected chi connectivity index (χ0v) is 19.4. The number of thioether (sulfide) groups is 1. The number of halogens is 3. The molecule has 0 fully saturated rings. The Bertz CT molecular complexity index is 1360. The molecule has 176 valence electrons. The predicted octanol–water partition coefficient (Wildman–Crippen LogP) is 3.07. The van der Waals surface area contributed by atoms with Gasteiger partial charge in [-0.2, -0.15) is 13.2 Å². The van der Waals surface area contributed by atoms with E-state index in [1.165, 1.54) is 30.8 Å². The summed E-state index contributed by atoms with van der Waals surface area (Å²) in [6.45, 7) is 5.59. The van der Waals surface area contributed by atoms with Crippen LogP contribution in [0.5, 0.6) is 0 Å². The predicted molar refractivity (Wildman–Crippen MR) is 120 cm³/mol. The molecule has 0 atom stereocenters. The maximum absolute atomic E-state index is 12.9. The van der Waals surface area contributed by atoms with E-state index in [-0.39, 0.29) is 27.5 Å². The van der Waals surface area contributed by atoms with E-state index in [1.54, 1.807) is 0 Å². The third-order valence-electron chi connectivity index (χ3n) is 4.75. The lowest BCUT2D eigenvalue weighted by atomic mass is 9.96. The van der Waals surface area contributed by atoms with E-state index in [1.807, 2.05) is 20.8 Å². The number of fused-ring (bicyclic) bond motifs is 1. The van der Waals surface area contributed by atoms with Crippen LogP contribution in [-0.2, 0) is 30.5 Å². The van der Waals surface area contributed by atoms with Crippen LogP contribution in [0.15, 0.2) is 38.9 Å². The van der Waals surface area contributed by atoms with Gasteiger partial charge in [0.15, 0.2) is 5.65 Å². The summed E-state index contributed by atoms with van der Waals surface area (Å²) < 4.78 is 40.9. The minimum Gasteiger partial charge on any atom is -0.325 e. The van der Waals surface area contributed by atoms with Gasteiger partial charge >= 0.3 is 11.9 Å². The molecule has 0 aliphatic carbocycles. The normalized spacial score (nSPS) is 12.2. The molecule has 1 N–H and O–H groups in total. The average molecular weight is 482 g/mol. The molecule has 0 saturated carbocycles. The number of hydrogen-bond acceptors (Lipinski definition) is 6. The molecule has 1 amide bonds. The summed E-state index contributed by atoms with van der Waals surface area (Å²) >= 11 is 0.941. The van der Waals surface area contributed by atoms with Crippen LogP contribution in [0, 0.1) is 0 Å². The van der Waals surface area contributed by atoms with E-state index < -0.39 is 34.3 Å². The van der Waals surface area contributed by atoms with Gasteiger partial charge in [-0.05, 0) is 18.2 Å². The van der Waals surface area contributed by atoms with Crippen molar-refractivity contribution in [2.45, 2.75) is 37.4 Å². The number of alkyl halides is 3. The van der Waals surface area contributed by atoms with Gasteiger partial charge in [-0.15, -0.1) is 0 Å². The second-order valence-corrected chi connectivity index (χ2v) is 9.39. The van der Waals surface area contributed by atoms with Gasteiger partial charge in [0.05, 0.1) is 11.3 Å². The van der Waals surface area contributed by atoms with E-state index >= 15 is 0 Å². The van der Waals surface area contributed by atoms with Crippen LogP contribution >= 0.6 is 11.8 Å². The molecule has 12 heteroatoms. The van der Waals surface area contributed by atoms with Crippen molar-refractivity contribution in [2.24, 2.45) is 14.1 Å². The molecule has 0 bridgehead atoms. The summed E-state index contributed by atoms with van der Waals surface area (Å²) in [6, 6.07) is 4.29. The number of carbonyl (C=O) groups excluding carboxylic acids is 1. The number of anilines is 1. The van der Waals surface area contributed by atoms with Crippen molar-refractivity contribution in [3.05, 3.63) is 56.5 Å². The number of carbonyl (C=O) groups is 1. The van der Waals surface area contributed by atoms with Gasteiger partial charge in [0.25, 0.3) is 5.56 Å². The second-order valence-electron chi connectivity index (χ2n) is 8.42. The molecule has 0 radical (unpaired) electrons. The molecule has 0 aliphatic heterocycles. The largest absolute Gasteiger partial charge is 0.416 e. The quantitative estimate of drug-likeness (QED) is 0.454. The highest BCUT2D eigenvalue weighted by molar-refractivity contribution is 8.00. The Balaban J connectivity index is 1.96. The van der Waals surface area contributed by atoms with E-state index in [9.17, 15) is 27.6 Å². The summed E-state index contributed by atoms with van der Waals surface area (Å²) in [5.74, 6) is -0.429. The first kappa shape index (κ1) is 24.5. The van der Waals surface area contributed by atoms with Crippen molar-refractivity contribution < 1.29 is 18.0 Å². The summed E-state index contributed by atoms with van der Waals surface area (Å²) in [5, 5.41) is 2.72. The van der Waals surface area contributed by atoms with Crippen molar-refractivity contribution >= 4 is 34.4 Å². The van der Waals surface area contributed by atoms with Crippen LogP contribution in [0.2, 0.25) is 0 Å². The van der Waals surface area contributed by atoms with E-state index in [2.05, 4.69) is 15.3 Å². The Hall–Kier alpha value is -3.15. The molecule has 2 aromatic heterocycles. The molecular weight excluding hydrogens is 459 g/mol. The van der Waals surface area contributed by atoms with Gasteiger partial charge in [-0.25, -0.2) is 14.8 Å². The van der Waals surface area contributed by atoms with Crippen molar-refractivity contribution in [3.8, 4) is 0 Å². The second kappa shape index (κ2) is 8.65. The third-order valence-corrected chi connectivity index (χ3v) is 5.73. The van der Waals surface area contributed by atoms with E-state index in [4.69, 9.17) is 0 Å². The van der Waals surface area contributed by atoms with Crippen LogP contribution in [0.25, 0.3) is 11.0 Å². The van der Waals surface area contributed by atoms with Crippen LogP contribution in [0.3, 0.4) is 0 Å². The Labute approximate surface area is 190 Å². The summed E-state index contributed by atoms with van der Waals surface area (Å²) in [5.41, 5.74) is -2.41. The van der Waals surface area contributed by atoms with Gasteiger partial charge in [-0.3, -0.25) is 18.7 Å². The van der Waals surface area contributed by atoms with Crippen LogP contribution in [0.4, 0.5) is 18.9 Å². The molecular formula is C21H22F3N5O3S. The zero-order chi connectivity index (χ0) is 24.7. The molecule has 0 aliphatic rings. The van der Waals surface area contributed by atoms with Crippen molar-refractivity contribution in [2.75, 3.05) is 11.1 Å². The number of hydrogen-bond donors (Lipinski definition) is 1. The average Bonchev–Trinajstić information content (AvgIpc) is 2.73. The maximum Gasteiger partial charge on any atom is 0.416 e. The van der Waals surface area contributed by atoms with Gasteiger partial charge in [0.2, 0.25) is 5.91 Å². The molecule has 2 heterocycles. The lowest BCUT2D eigenvalue weighted by molar-refractivity contribution is -0.137. The van der Waals surface area contributed by atoms with Gasteiger partial charge in [0, 0.05) is 25.2 Å². The highest BCUT2D eigenvalue weighted by Crippen LogP contribution is 2.31. The fraction of sp³-hybridized carbons (Fsp3) is 0.381. The maximum atomic E-state index is 12.9. The van der Waals surface area contributed by atoms with Crippen LogP contribution < -0.4 is 16.6 Å². The topological polar surface area (TPSA) is 98.9 Å². The van der Waals surface area contributed by atoms with Crippen molar-refractivity contribution in [1.82, 2.24) is 19.1 Å². The van der Waals surface area contributed by atoms with Crippen molar-refractivity contribution in [3.63, 3.8) is 0 Å². The summed E-state index contributed by atoms with van der Waals surface area (Å²) in [4.78, 5) is 46.5. The molecule has 8 nitrogen and oxygen atoms in total. The number of nitrogens with zero attached hydrogens (tertiary/aromatic N) is 4. The number of aryl methyl sites for hydroxylation is 1. The Morgan fingerprint density at radius 3 is 2.36 bits per heavy atom. The fourth-order valence-electron chi connectivity index (χ4n) is 2.97. The molecule has 3 aromatic rings. The molecule has 0 unspecified atom stereocenters. The Morgan fingerprint density at radius 1 is 1.09 bits per heavy atom. The highest BCUT2D eigenvalue weighted by Gasteiger charge is 2.30. The summed E-state index contributed by atoms with van der Waals surface area (Å²) in [6.07, 6.45) is -4.53. The molecule has 0 spiro atoms. The van der Waals surface area contributed by atoms with E-state index in [0.717, 1.165) is 28.5 Å². The first-order chi connectivity index (χ1) is 15.2. The highest BCUT2D eigenvalue weighted by atomic mass is 32.2. The van der Waals surface area contributed by atoms with Gasteiger partial charge in [0.1, 0.15) is 16.2 Å². The van der Waals surface area contributed by atoms with Gasteiger partial charge < -0.3 is 5.32 Å². The minimum atomic E-state index is -4.53. The standard InChI is InChI=1S/C21H22F3N5O3S/c1-20(2,3)18-26-15-14(17(31)29(5)19(32)28(15)4)16(27-18)33-10-13(30)25-12-8-6-7-11(9-12)21(22,23)24/h6-9H,10H2,1-5H3,(H,25,30). The first-order valence-electron chi connectivity index (χ1n) is 9.78. The smallest absolute Gasteiger partial charge is 0.325 e. The van der Waals surface area contributed by atoms with Crippen LogP contribution in [0.1, 0.15) is 32.2 Å². The minimum absolute atomic E-state index is 0.00309. The number of amides is 1. The first-order valence-corrected chi connectivity index (χ1v) is 10.8. The molecule has 0 saturated heterocycles. The van der Waals surface area contributed by atoms with E-state index in [0.29, 0.717) is 5.82 Å². The van der Waals surface area contributed by atoms with Crippen LogP contribution in [-0.4, -0.2) is 30.8 Å². The number of rotatable bonds is 4. The fourth-order valence-corrected chi connectivity index (χ4v) is 3.79. The Kier molecular flexibility index (Phi) is 6.42. The third kappa shape index (κ3) is 5.10. The zero-order valence-electron chi connectivity index (χ0n) is 18.6.